The van der Waals surface area contributed by atoms with E-state index in [1.54, 1.807) is 30.3 Å². The fraction of sp³-hybridized carbons (Fsp3) is 0.296. The minimum Gasteiger partial charge on any atom is -0.334 e. The van der Waals surface area contributed by atoms with E-state index in [1.807, 2.05) is 38.4 Å². The van der Waals surface area contributed by atoms with E-state index in [0.29, 0.717) is 21.3 Å². The lowest BCUT2D eigenvalue weighted by Gasteiger charge is -2.32. The molecule has 0 unspecified atom stereocenters. The molecule has 0 aromatic heterocycles. The Balaban J connectivity index is 1.58. The van der Waals surface area contributed by atoms with Crippen LogP contribution < -0.4 is 10.6 Å². The van der Waals surface area contributed by atoms with Gasteiger partial charge in [0, 0.05) is 17.8 Å². The number of nitrogens with one attached hydrogen (secondary N) is 2. The molecule has 3 aromatic rings. The number of halogens is 2. The van der Waals surface area contributed by atoms with Gasteiger partial charge in [-0.05, 0) is 81.4 Å². The van der Waals surface area contributed by atoms with Crippen LogP contribution in [0.3, 0.4) is 0 Å². The standard InChI is InChI=1S/C27H31Cl2N3O3S/c1-27(2,32(3)4)16-19-8-10-20(11-9-19)18-36(34,35)23-14-12-22(13-15-23)31-26(33)30-17-21-6-5-7-24(28)25(21)29/h5-15H,16-18H2,1-4H3,(H2,30,31,33). The van der Waals surface area contributed by atoms with Crippen molar-refractivity contribution < 1.29 is 13.2 Å². The zero-order valence-corrected chi connectivity index (χ0v) is 23.1. The summed E-state index contributed by atoms with van der Waals surface area (Å²) in [5, 5.41) is 6.19. The van der Waals surface area contributed by atoms with Crippen molar-refractivity contribution in [1.82, 2.24) is 10.2 Å². The minimum atomic E-state index is -3.54. The van der Waals surface area contributed by atoms with Crippen LogP contribution in [-0.4, -0.2) is 39.0 Å². The van der Waals surface area contributed by atoms with E-state index < -0.39 is 15.9 Å². The largest absolute Gasteiger partial charge is 0.334 e. The SMILES string of the molecule is CN(C)C(C)(C)Cc1ccc(CS(=O)(=O)c2ccc(NC(=O)NCc3cccc(Cl)c3Cl)cc2)cc1. The number of benzene rings is 3. The van der Waals surface area contributed by atoms with Crippen LogP contribution >= 0.6 is 23.2 Å². The van der Waals surface area contributed by atoms with Gasteiger partial charge in [0.2, 0.25) is 0 Å². The molecule has 0 atom stereocenters. The summed E-state index contributed by atoms with van der Waals surface area (Å²) in [4.78, 5) is 14.6. The molecule has 0 bridgehead atoms. The van der Waals surface area contributed by atoms with Crippen LogP contribution in [0, 0.1) is 0 Å². The summed E-state index contributed by atoms with van der Waals surface area (Å²) in [6, 6.07) is 18.6. The van der Waals surface area contributed by atoms with Crippen LogP contribution in [0.1, 0.15) is 30.5 Å². The number of hydrogen-bond acceptors (Lipinski definition) is 4. The molecule has 0 radical (unpaired) electrons. The Hall–Kier alpha value is -2.58. The molecule has 0 aliphatic heterocycles. The summed E-state index contributed by atoms with van der Waals surface area (Å²) >= 11 is 12.1. The van der Waals surface area contributed by atoms with Crippen molar-refractivity contribution in [1.29, 1.82) is 0 Å². The summed E-state index contributed by atoms with van der Waals surface area (Å²) in [6.45, 7) is 4.54. The third-order valence-electron chi connectivity index (χ3n) is 6.17. The van der Waals surface area contributed by atoms with Crippen LogP contribution in [0.15, 0.2) is 71.6 Å². The highest BCUT2D eigenvalue weighted by molar-refractivity contribution is 7.90. The molecule has 0 aliphatic carbocycles. The van der Waals surface area contributed by atoms with Gasteiger partial charge in [-0.2, -0.15) is 0 Å². The Labute approximate surface area is 223 Å². The Kier molecular flexibility index (Phi) is 9.06. The minimum absolute atomic E-state index is 0.00257. The third kappa shape index (κ3) is 7.46. The Bertz CT molecular complexity index is 1310. The van der Waals surface area contributed by atoms with Crippen molar-refractivity contribution in [2.45, 2.75) is 43.0 Å². The van der Waals surface area contributed by atoms with E-state index in [9.17, 15) is 13.2 Å². The van der Waals surface area contributed by atoms with Crippen LogP contribution in [0.25, 0.3) is 0 Å². The first-order valence-corrected chi connectivity index (χ1v) is 13.8. The van der Waals surface area contributed by atoms with Gasteiger partial charge in [0.25, 0.3) is 0 Å². The Morgan fingerprint density at radius 2 is 1.53 bits per heavy atom. The van der Waals surface area contributed by atoms with Gasteiger partial charge in [0.15, 0.2) is 9.84 Å². The number of urea groups is 1. The van der Waals surface area contributed by atoms with Gasteiger partial charge in [0.1, 0.15) is 0 Å². The predicted octanol–water partition coefficient (Wildman–Crippen LogP) is 6.17. The molecule has 36 heavy (non-hydrogen) atoms. The number of likely N-dealkylation sites (N-methyl/N-ethyl adjacent to an activating group) is 1. The summed E-state index contributed by atoms with van der Waals surface area (Å²) in [7, 11) is 0.555. The van der Waals surface area contributed by atoms with Crippen LogP contribution in [0.4, 0.5) is 10.5 Å². The lowest BCUT2D eigenvalue weighted by molar-refractivity contribution is 0.195. The monoisotopic (exact) mass is 547 g/mol. The van der Waals surface area contributed by atoms with E-state index in [-0.39, 0.29) is 22.7 Å². The predicted molar refractivity (Wildman–Crippen MR) is 148 cm³/mol. The normalized spacial score (nSPS) is 12.0. The molecule has 3 aromatic carbocycles. The van der Waals surface area contributed by atoms with Crippen molar-refractivity contribution in [3.8, 4) is 0 Å². The van der Waals surface area contributed by atoms with E-state index in [0.717, 1.165) is 17.5 Å². The lowest BCUT2D eigenvalue weighted by Crippen LogP contribution is -2.40. The topological polar surface area (TPSA) is 78.5 Å². The maximum absolute atomic E-state index is 12.9. The molecule has 2 amide bonds. The van der Waals surface area contributed by atoms with Gasteiger partial charge >= 0.3 is 6.03 Å². The fourth-order valence-electron chi connectivity index (χ4n) is 3.50. The molecule has 0 saturated heterocycles. The first-order valence-electron chi connectivity index (χ1n) is 11.4. The van der Waals surface area contributed by atoms with E-state index >= 15 is 0 Å². The van der Waals surface area contributed by atoms with E-state index in [4.69, 9.17) is 23.2 Å². The highest BCUT2D eigenvalue weighted by atomic mass is 35.5. The molecule has 3 rings (SSSR count). The second-order valence-electron chi connectivity index (χ2n) is 9.50. The van der Waals surface area contributed by atoms with E-state index in [2.05, 4.69) is 29.4 Å². The molecule has 0 aliphatic rings. The maximum Gasteiger partial charge on any atom is 0.319 e. The van der Waals surface area contributed by atoms with Gasteiger partial charge in [-0.1, -0.05) is 59.6 Å². The lowest BCUT2D eigenvalue weighted by atomic mass is 9.93. The van der Waals surface area contributed by atoms with Gasteiger partial charge in [-0.25, -0.2) is 13.2 Å². The molecule has 192 valence electrons. The molecule has 9 heteroatoms. The number of carbonyl (C=O) groups excluding carboxylic acids is 1. The number of rotatable bonds is 9. The van der Waals surface area contributed by atoms with E-state index in [1.165, 1.54) is 12.1 Å². The number of amides is 2. The second-order valence-corrected chi connectivity index (χ2v) is 12.3. The molecule has 2 N–H and O–H groups in total. The number of carbonyl (C=O) groups is 1. The van der Waals surface area contributed by atoms with Crippen molar-refractivity contribution in [3.05, 3.63) is 93.5 Å². The average molecular weight is 549 g/mol. The first-order chi connectivity index (χ1) is 16.9. The summed E-state index contributed by atoms with van der Waals surface area (Å²) < 4.78 is 25.9. The smallest absolute Gasteiger partial charge is 0.319 e. The Morgan fingerprint density at radius 3 is 2.14 bits per heavy atom. The number of nitrogens with zero attached hydrogens (tertiary/aromatic N) is 1. The number of hydrogen-bond donors (Lipinski definition) is 2. The Morgan fingerprint density at radius 1 is 0.917 bits per heavy atom. The highest BCUT2D eigenvalue weighted by Crippen LogP contribution is 2.25. The van der Waals surface area contributed by atoms with Gasteiger partial charge in [-0.3, -0.25) is 0 Å². The van der Waals surface area contributed by atoms with Crippen molar-refractivity contribution in [2.75, 3.05) is 19.4 Å². The number of anilines is 1. The highest BCUT2D eigenvalue weighted by Gasteiger charge is 2.21. The summed E-state index contributed by atoms with van der Waals surface area (Å²) in [6.07, 6.45) is 0.862. The molecule has 0 spiro atoms. The summed E-state index contributed by atoms with van der Waals surface area (Å²) in [5.41, 5.74) is 3.04. The van der Waals surface area contributed by atoms with Crippen molar-refractivity contribution in [2.24, 2.45) is 0 Å². The van der Waals surface area contributed by atoms with Crippen molar-refractivity contribution >= 4 is 44.8 Å². The maximum atomic E-state index is 12.9. The fourth-order valence-corrected chi connectivity index (χ4v) is 5.23. The quantitative estimate of drug-likeness (QED) is 0.335. The van der Waals surface area contributed by atoms with Gasteiger partial charge in [0.05, 0.1) is 20.7 Å². The third-order valence-corrected chi connectivity index (χ3v) is 8.73. The average Bonchev–Trinajstić information content (AvgIpc) is 2.81. The first kappa shape index (κ1) is 28.0. The van der Waals surface area contributed by atoms with Crippen LogP contribution in [0.2, 0.25) is 10.0 Å². The summed E-state index contributed by atoms with van der Waals surface area (Å²) in [5.74, 6) is -0.0992. The zero-order valence-electron chi connectivity index (χ0n) is 20.8. The molecule has 6 nitrogen and oxygen atoms in total. The molecule has 0 saturated carbocycles. The van der Waals surface area contributed by atoms with Gasteiger partial charge < -0.3 is 15.5 Å². The van der Waals surface area contributed by atoms with Gasteiger partial charge in [-0.15, -0.1) is 0 Å². The number of sulfone groups is 1. The van der Waals surface area contributed by atoms with Crippen LogP contribution in [0.5, 0.6) is 0 Å². The second kappa shape index (κ2) is 11.6. The molecule has 0 heterocycles. The zero-order chi connectivity index (χ0) is 26.5. The van der Waals surface area contributed by atoms with Crippen molar-refractivity contribution in [3.63, 3.8) is 0 Å². The molecule has 0 fully saturated rings. The van der Waals surface area contributed by atoms with Crippen LogP contribution in [-0.2, 0) is 28.6 Å². The molecular weight excluding hydrogens is 517 g/mol. The molecular formula is C27H31Cl2N3O3S.